The molecule has 0 saturated heterocycles. The summed E-state index contributed by atoms with van der Waals surface area (Å²) in [6.07, 6.45) is 0. The van der Waals surface area contributed by atoms with Crippen LogP contribution in [0.4, 0.5) is 5.69 Å². The van der Waals surface area contributed by atoms with E-state index in [1.165, 1.54) is 5.56 Å². The van der Waals surface area contributed by atoms with Gasteiger partial charge in [-0.15, -0.1) is 0 Å². The first kappa shape index (κ1) is 13.6. The predicted octanol–water partition coefficient (Wildman–Crippen LogP) is 2.73. The SMILES string of the molecule is CCN(CC)CC#Cc1ccc(NC)cc1C. The molecule has 0 saturated carbocycles. The number of aryl methyl sites for hydroxylation is 1. The van der Waals surface area contributed by atoms with Crippen LogP contribution in [0.1, 0.15) is 25.0 Å². The summed E-state index contributed by atoms with van der Waals surface area (Å²) < 4.78 is 0. The maximum Gasteiger partial charge on any atom is 0.0605 e. The van der Waals surface area contributed by atoms with Crippen molar-refractivity contribution in [1.29, 1.82) is 0 Å². The van der Waals surface area contributed by atoms with Gasteiger partial charge in [-0.3, -0.25) is 4.90 Å². The van der Waals surface area contributed by atoms with Gasteiger partial charge in [0.25, 0.3) is 0 Å². The van der Waals surface area contributed by atoms with E-state index < -0.39 is 0 Å². The number of nitrogens with zero attached hydrogens (tertiary/aromatic N) is 1. The van der Waals surface area contributed by atoms with E-state index in [4.69, 9.17) is 0 Å². The van der Waals surface area contributed by atoms with Crippen molar-refractivity contribution in [2.24, 2.45) is 0 Å². The molecule has 0 aromatic heterocycles. The number of hydrogen-bond donors (Lipinski definition) is 1. The summed E-state index contributed by atoms with van der Waals surface area (Å²) in [5, 5.41) is 3.13. The molecule has 0 atom stereocenters. The summed E-state index contributed by atoms with van der Waals surface area (Å²) in [6.45, 7) is 9.39. The van der Waals surface area contributed by atoms with E-state index in [-0.39, 0.29) is 0 Å². The summed E-state index contributed by atoms with van der Waals surface area (Å²) in [7, 11) is 1.93. The Bertz CT molecular complexity index is 409. The lowest BCUT2D eigenvalue weighted by Crippen LogP contribution is -2.22. The third-order valence-corrected chi connectivity index (χ3v) is 2.94. The van der Waals surface area contributed by atoms with E-state index in [0.717, 1.165) is 30.9 Å². The Morgan fingerprint density at radius 1 is 1.24 bits per heavy atom. The molecule has 17 heavy (non-hydrogen) atoms. The minimum atomic E-state index is 0.847. The third-order valence-electron chi connectivity index (χ3n) is 2.94. The molecule has 1 aromatic rings. The van der Waals surface area contributed by atoms with Crippen molar-refractivity contribution in [3.05, 3.63) is 29.3 Å². The highest BCUT2D eigenvalue weighted by Gasteiger charge is 1.97. The Morgan fingerprint density at radius 2 is 1.94 bits per heavy atom. The Balaban J connectivity index is 2.72. The van der Waals surface area contributed by atoms with Crippen LogP contribution in [-0.4, -0.2) is 31.6 Å². The first-order chi connectivity index (χ1) is 8.21. The van der Waals surface area contributed by atoms with Crippen LogP contribution in [-0.2, 0) is 0 Å². The fraction of sp³-hybridized carbons (Fsp3) is 0.467. The highest BCUT2D eigenvalue weighted by Crippen LogP contribution is 2.13. The van der Waals surface area contributed by atoms with E-state index in [1.807, 2.05) is 7.05 Å². The van der Waals surface area contributed by atoms with Crippen LogP contribution in [0.3, 0.4) is 0 Å². The molecular formula is C15H22N2. The van der Waals surface area contributed by atoms with Crippen molar-refractivity contribution in [1.82, 2.24) is 4.90 Å². The monoisotopic (exact) mass is 230 g/mol. The standard InChI is InChI=1S/C15H22N2/c1-5-17(6-2)11-7-8-14-9-10-15(16-4)12-13(14)3/h9-10,12,16H,5-6,11H2,1-4H3. The number of hydrogen-bond acceptors (Lipinski definition) is 2. The van der Waals surface area contributed by atoms with Crippen molar-refractivity contribution in [3.63, 3.8) is 0 Å². The van der Waals surface area contributed by atoms with Gasteiger partial charge in [-0.25, -0.2) is 0 Å². The zero-order valence-electron chi connectivity index (χ0n) is 11.3. The molecule has 0 aliphatic heterocycles. The molecule has 1 aromatic carbocycles. The van der Waals surface area contributed by atoms with Crippen molar-refractivity contribution in [2.75, 3.05) is 32.0 Å². The van der Waals surface area contributed by atoms with Crippen LogP contribution in [0.15, 0.2) is 18.2 Å². The van der Waals surface area contributed by atoms with Crippen LogP contribution in [0.2, 0.25) is 0 Å². The summed E-state index contributed by atoms with van der Waals surface area (Å²) in [4.78, 5) is 2.31. The van der Waals surface area contributed by atoms with Gasteiger partial charge in [0.2, 0.25) is 0 Å². The summed E-state index contributed by atoms with van der Waals surface area (Å²) >= 11 is 0. The van der Waals surface area contributed by atoms with E-state index in [0.29, 0.717) is 0 Å². The van der Waals surface area contributed by atoms with E-state index in [9.17, 15) is 0 Å². The van der Waals surface area contributed by atoms with E-state index >= 15 is 0 Å². The van der Waals surface area contributed by atoms with Crippen molar-refractivity contribution < 1.29 is 0 Å². The van der Waals surface area contributed by atoms with Gasteiger partial charge in [0.05, 0.1) is 6.54 Å². The molecular weight excluding hydrogens is 208 g/mol. The molecule has 0 aliphatic rings. The first-order valence-electron chi connectivity index (χ1n) is 6.20. The molecule has 0 aliphatic carbocycles. The molecule has 2 heteroatoms. The van der Waals surface area contributed by atoms with Gasteiger partial charge in [0, 0.05) is 18.3 Å². The second-order valence-corrected chi connectivity index (χ2v) is 4.04. The van der Waals surface area contributed by atoms with Crippen LogP contribution in [0.5, 0.6) is 0 Å². The fourth-order valence-corrected chi connectivity index (χ4v) is 1.65. The quantitative estimate of drug-likeness (QED) is 0.800. The Morgan fingerprint density at radius 3 is 2.47 bits per heavy atom. The zero-order valence-corrected chi connectivity index (χ0v) is 11.3. The van der Waals surface area contributed by atoms with Gasteiger partial charge in [-0.2, -0.15) is 0 Å². The molecule has 0 fully saturated rings. The van der Waals surface area contributed by atoms with Crippen molar-refractivity contribution in [2.45, 2.75) is 20.8 Å². The minimum absolute atomic E-state index is 0.847. The number of rotatable bonds is 4. The van der Waals surface area contributed by atoms with Crippen LogP contribution < -0.4 is 5.32 Å². The molecule has 2 nitrogen and oxygen atoms in total. The average molecular weight is 230 g/mol. The van der Waals surface area contributed by atoms with Gasteiger partial charge in [-0.05, 0) is 43.8 Å². The van der Waals surface area contributed by atoms with Crippen molar-refractivity contribution >= 4 is 5.69 Å². The van der Waals surface area contributed by atoms with Crippen LogP contribution in [0.25, 0.3) is 0 Å². The topological polar surface area (TPSA) is 15.3 Å². The first-order valence-corrected chi connectivity index (χ1v) is 6.20. The smallest absolute Gasteiger partial charge is 0.0605 e. The Labute approximate surface area is 105 Å². The van der Waals surface area contributed by atoms with Gasteiger partial charge < -0.3 is 5.32 Å². The summed E-state index contributed by atoms with van der Waals surface area (Å²) in [6, 6.07) is 6.27. The normalized spacial score (nSPS) is 9.94. The van der Waals surface area contributed by atoms with Gasteiger partial charge in [0.1, 0.15) is 0 Å². The molecule has 0 radical (unpaired) electrons. The molecule has 0 amide bonds. The number of benzene rings is 1. The van der Waals surface area contributed by atoms with Gasteiger partial charge in [0.15, 0.2) is 0 Å². The third kappa shape index (κ3) is 4.13. The molecule has 0 bridgehead atoms. The molecule has 1 N–H and O–H groups in total. The molecule has 0 unspecified atom stereocenters. The van der Waals surface area contributed by atoms with E-state index in [1.54, 1.807) is 0 Å². The average Bonchev–Trinajstić information content (AvgIpc) is 2.36. The fourth-order valence-electron chi connectivity index (χ4n) is 1.65. The Kier molecular flexibility index (Phi) is 5.59. The number of anilines is 1. The van der Waals surface area contributed by atoms with Gasteiger partial charge in [-0.1, -0.05) is 25.7 Å². The van der Waals surface area contributed by atoms with Crippen LogP contribution in [0, 0.1) is 18.8 Å². The highest BCUT2D eigenvalue weighted by atomic mass is 15.1. The maximum atomic E-state index is 3.24. The minimum Gasteiger partial charge on any atom is -0.388 e. The van der Waals surface area contributed by atoms with E-state index in [2.05, 4.69) is 61.0 Å². The summed E-state index contributed by atoms with van der Waals surface area (Å²) in [5.41, 5.74) is 3.48. The van der Waals surface area contributed by atoms with Crippen LogP contribution >= 0.6 is 0 Å². The zero-order chi connectivity index (χ0) is 12.7. The highest BCUT2D eigenvalue weighted by molar-refractivity contribution is 5.52. The lowest BCUT2D eigenvalue weighted by Gasteiger charge is -2.13. The molecule has 1 rings (SSSR count). The Hall–Kier alpha value is -1.46. The predicted molar refractivity (Wildman–Crippen MR) is 75.4 cm³/mol. The molecule has 92 valence electrons. The van der Waals surface area contributed by atoms with Crippen molar-refractivity contribution in [3.8, 4) is 11.8 Å². The van der Waals surface area contributed by atoms with Gasteiger partial charge >= 0.3 is 0 Å². The maximum absolute atomic E-state index is 3.24. The molecule has 0 spiro atoms. The lowest BCUT2D eigenvalue weighted by atomic mass is 10.1. The molecule has 0 heterocycles. The number of nitrogens with one attached hydrogen (secondary N) is 1. The second kappa shape index (κ2) is 6.98. The second-order valence-electron chi connectivity index (χ2n) is 4.04. The lowest BCUT2D eigenvalue weighted by molar-refractivity contribution is 0.342. The largest absolute Gasteiger partial charge is 0.388 e. The summed E-state index contributed by atoms with van der Waals surface area (Å²) in [5.74, 6) is 6.48.